The molecule has 1 unspecified atom stereocenters. The van der Waals surface area contributed by atoms with E-state index >= 15 is 0 Å². The molecule has 3 amide bonds. The molecule has 2 aromatic rings. The van der Waals surface area contributed by atoms with Crippen LogP contribution in [0.3, 0.4) is 0 Å². The normalized spacial score (nSPS) is 19.1. The van der Waals surface area contributed by atoms with Gasteiger partial charge < -0.3 is 15.1 Å². The molecule has 0 saturated carbocycles. The molecule has 1 N–H and O–H groups in total. The number of benzene rings is 2. The lowest BCUT2D eigenvalue weighted by Crippen LogP contribution is -2.60. The Kier molecular flexibility index (Phi) is 5.29. The van der Waals surface area contributed by atoms with Gasteiger partial charge in [0.15, 0.2) is 0 Å². The van der Waals surface area contributed by atoms with Gasteiger partial charge in [-0.3, -0.25) is 14.4 Å². The van der Waals surface area contributed by atoms with Crippen molar-refractivity contribution in [3.05, 3.63) is 65.5 Å². The number of fused-ring (bicyclic) bond motifs is 1. The minimum absolute atomic E-state index is 0.00225. The van der Waals surface area contributed by atoms with Crippen LogP contribution in [0.2, 0.25) is 0 Å². The first-order chi connectivity index (χ1) is 14.0. The minimum Gasteiger partial charge on any atom is -0.329 e. The van der Waals surface area contributed by atoms with Crippen molar-refractivity contribution in [1.82, 2.24) is 9.80 Å². The van der Waals surface area contributed by atoms with Gasteiger partial charge in [-0.1, -0.05) is 12.1 Å². The molecule has 2 saturated heterocycles. The van der Waals surface area contributed by atoms with Crippen LogP contribution in [0.1, 0.15) is 35.2 Å². The van der Waals surface area contributed by atoms with Crippen LogP contribution < -0.4 is 5.32 Å². The first kappa shape index (κ1) is 19.1. The Bertz CT molecular complexity index is 927. The molecule has 0 radical (unpaired) electrons. The Morgan fingerprint density at radius 1 is 1.03 bits per heavy atom. The number of nitrogens with one attached hydrogen (secondary N) is 1. The fourth-order valence-corrected chi connectivity index (χ4v) is 3.88. The third-order valence-corrected chi connectivity index (χ3v) is 5.44. The number of piperazine rings is 1. The lowest BCUT2D eigenvalue weighted by atomic mass is 9.98. The van der Waals surface area contributed by atoms with Gasteiger partial charge in [-0.15, -0.1) is 0 Å². The van der Waals surface area contributed by atoms with E-state index in [0.717, 1.165) is 24.8 Å². The fraction of sp³-hybridized carbons (Fsp3) is 0.318. The molecule has 2 fully saturated rings. The molecule has 2 heterocycles. The summed E-state index contributed by atoms with van der Waals surface area (Å²) in [6.07, 6.45) is 2.65. The van der Waals surface area contributed by atoms with Crippen LogP contribution in [-0.4, -0.2) is 46.7 Å². The zero-order valence-electron chi connectivity index (χ0n) is 15.9. The molecule has 7 heteroatoms. The summed E-state index contributed by atoms with van der Waals surface area (Å²) in [6.45, 7) is 1.11. The number of hydrogen-bond acceptors (Lipinski definition) is 3. The maximum atomic E-state index is 13.0. The zero-order valence-corrected chi connectivity index (χ0v) is 15.9. The summed E-state index contributed by atoms with van der Waals surface area (Å²) in [5.41, 5.74) is 1.82. The molecular formula is C22H22FN3O3. The standard InChI is InChI=1S/C22H22FN3O3/c23-17-8-10-18(11-9-17)24-21(28)16-6-4-15(5-7-16)13-25-14-20(27)26-12-2-1-3-19(26)22(25)29/h4-11,19H,1-3,12-14H2,(H,24,28). The van der Waals surface area contributed by atoms with E-state index in [1.165, 1.54) is 24.3 Å². The molecule has 0 spiro atoms. The maximum absolute atomic E-state index is 13.0. The average molecular weight is 395 g/mol. The highest BCUT2D eigenvalue weighted by atomic mass is 19.1. The van der Waals surface area contributed by atoms with E-state index in [-0.39, 0.29) is 36.1 Å². The topological polar surface area (TPSA) is 69.7 Å². The van der Waals surface area contributed by atoms with Gasteiger partial charge in [-0.25, -0.2) is 4.39 Å². The van der Waals surface area contributed by atoms with Crippen LogP contribution in [0, 0.1) is 5.82 Å². The molecule has 2 aliphatic heterocycles. The van der Waals surface area contributed by atoms with Gasteiger partial charge in [0, 0.05) is 24.3 Å². The summed E-state index contributed by atoms with van der Waals surface area (Å²) in [4.78, 5) is 40.8. The smallest absolute Gasteiger partial charge is 0.255 e. The monoisotopic (exact) mass is 395 g/mol. The molecule has 4 rings (SSSR count). The second-order valence-electron chi connectivity index (χ2n) is 7.45. The van der Waals surface area contributed by atoms with E-state index < -0.39 is 0 Å². The Hall–Kier alpha value is -3.22. The number of carbonyl (C=O) groups is 3. The van der Waals surface area contributed by atoms with Crippen molar-refractivity contribution in [3.8, 4) is 0 Å². The SMILES string of the molecule is O=C(Nc1ccc(F)cc1)c1ccc(CN2CC(=O)N3CCCCC3C2=O)cc1. The van der Waals surface area contributed by atoms with Crippen LogP contribution in [0.5, 0.6) is 0 Å². The van der Waals surface area contributed by atoms with Gasteiger partial charge in [0.25, 0.3) is 5.91 Å². The number of halogens is 1. The Balaban J connectivity index is 1.40. The first-order valence-corrected chi connectivity index (χ1v) is 9.75. The number of hydrogen-bond donors (Lipinski definition) is 1. The van der Waals surface area contributed by atoms with Crippen LogP contribution in [-0.2, 0) is 16.1 Å². The molecule has 0 aliphatic carbocycles. The third kappa shape index (κ3) is 4.13. The van der Waals surface area contributed by atoms with Gasteiger partial charge in [-0.05, 0) is 61.2 Å². The van der Waals surface area contributed by atoms with Gasteiger partial charge in [0.05, 0.1) is 0 Å². The van der Waals surface area contributed by atoms with Crippen LogP contribution >= 0.6 is 0 Å². The summed E-state index contributed by atoms with van der Waals surface area (Å²) >= 11 is 0. The average Bonchev–Trinajstić information content (AvgIpc) is 2.74. The third-order valence-electron chi connectivity index (χ3n) is 5.44. The van der Waals surface area contributed by atoms with E-state index in [9.17, 15) is 18.8 Å². The molecular weight excluding hydrogens is 373 g/mol. The number of amides is 3. The predicted molar refractivity (Wildman–Crippen MR) is 106 cm³/mol. The number of piperidine rings is 1. The molecule has 29 heavy (non-hydrogen) atoms. The lowest BCUT2D eigenvalue weighted by Gasteiger charge is -2.42. The molecule has 6 nitrogen and oxygen atoms in total. The van der Waals surface area contributed by atoms with Crippen molar-refractivity contribution in [2.24, 2.45) is 0 Å². The van der Waals surface area contributed by atoms with Gasteiger partial charge >= 0.3 is 0 Å². The summed E-state index contributed by atoms with van der Waals surface area (Å²) in [7, 11) is 0. The molecule has 2 aromatic carbocycles. The molecule has 150 valence electrons. The van der Waals surface area contributed by atoms with Gasteiger partial charge in [0.2, 0.25) is 11.8 Å². The second kappa shape index (κ2) is 8.03. The zero-order chi connectivity index (χ0) is 20.4. The Morgan fingerprint density at radius 2 is 1.76 bits per heavy atom. The highest BCUT2D eigenvalue weighted by Crippen LogP contribution is 2.24. The van der Waals surface area contributed by atoms with Gasteiger partial charge in [0.1, 0.15) is 18.4 Å². The highest BCUT2D eigenvalue weighted by molar-refractivity contribution is 6.04. The van der Waals surface area contributed by atoms with Crippen LogP contribution in [0.25, 0.3) is 0 Å². The van der Waals surface area contributed by atoms with Crippen molar-refractivity contribution in [2.75, 3.05) is 18.4 Å². The van der Waals surface area contributed by atoms with E-state index in [4.69, 9.17) is 0 Å². The highest BCUT2D eigenvalue weighted by Gasteiger charge is 2.40. The number of anilines is 1. The van der Waals surface area contributed by atoms with Crippen molar-refractivity contribution in [3.63, 3.8) is 0 Å². The van der Waals surface area contributed by atoms with Crippen LogP contribution in [0.4, 0.5) is 10.1 Å². The molecule has 2 aliphatic rings. The van der Waals surface area contributed by atoms with E-state index in [1.807, 2.05) is 0 Å². The molecule has 0 aromatic heterocycles. The maximum Gasteiger partial charge on any atom is 0.255 e. The van der Waals surface area contributed by atoms with E-state index in [1.54, 1.807) is 34.1 Å². The quantitative estimate of drug-likeness (QED) is 0.866. The van der Waals surface area contributed by atoms with Crippen molar-refractivity contribution < 1.29 is 18.8 Å². The predicted octanol–water partition coefficient (Wildman–Crippen LogP) is 2.80. The summed E-state index contributed by atoms with van der Waals surface area (Å²) in [6, 6.07) is 12.1. The second-order valence-corrected chi connectivity index (χ2v) is 7.45. The molecule has 0 bridgehead atoms. The lowest BCUT2D eigenvalue weighted by molar-refractivity contribution is -0.158. The summed E-state index contributed by atoms with van der Waals surface area (Å²) < 4.78 is 13.0. The summed E-state index contributed by atoms with van der Waals surface area (Å²) in [5.74, 6) is -0.660. The van der Waals surface area contributed by atoms with E-state index in [2.05, 4.69) is 5.32 Å². The van der Waals surface area contributed by atoms with Crippen molar-refractivity contribution in [2.45, 2.75) is 31.8 Å². The van der Waals surface area contributed by atoms with Crippen molar-refractivity contribution >= 4 is 23.4 Å². The van der Waals surface area contributed by atoms with Crippen LogP contribution in [0.15, 0.2) is 48.5 Å². The Labute approximate surface area is 168 Å². The number of nitrogens with zero attached hydrogens (tertiary/aromatic N) is 2. The van der Waals surface area contributed by atoms with E-state index in [0.29, 0.717) is 24.3 Å². The minimum atomic E-state index is -0.366. The fourth-order valence-electron chi connectivity index (χ4n) is 3.88. The number of carbonyl (C=O) groups excluding carboxylic acids is 3. The van der Waals surface area contributed by atoms with Gasteiger partial charge in [-0.2, -0.15) is 0 Å². The van der Waals surface area contributed by atoms with Crippen molar-refractivity contribution in [1.29, 1.82) is 0 Å². The Morgan fingerprint density at radius 3 is 2.48 bits per heavy atom. The number of rotatable bonds is 4. The largest absolute Gasteiger partial charge is 0.329 e. The first-order valence-electron chi connectivity index (χ1n) is 9.75. The summed E-state index contributed by atoms with van der Waals surface area (Å²) in [5, 5.41) is 2.71. The molecule has 1 atom stereocenters.